The van der Waals surface area contributed by atoms with E-state index in [0.29, 0.717) is 16.8 Å². The van der Waals surface area contributed by atoms with Crippen molar-refractivity contribution in [3.63, 3.8) is 0 Å². The molecule has 0 aliphatic heterocycles. The van der Waals surface area contributed by atoms with E-state index in [-0.39, 0.29) is 23.9 Å². The Bertz CT molecular complexity index is 1020. The Kier molecular flexibility index (Phi) is 4.62. The minimum Gasteiger partial charge on any atom is -0.497 e. The van der Waals surface area contributed by atoms with E-state index >= 15 is 0 Å². The highest BCUT2D eigenvalue weighted by Gasteiger charge is 2.33. The van der Waals surface area contributed by atoms with Crippen LogP contribution in [0.25, 0.3) is 10.9 Å². The Morgan fingerprint density at radius 3 is 2.67 bits per heavy atom. The minimum absolute atomic E-state index is 0.0194. The van der Waals surface area contributed by atoms with E-state index in [0.717, 1.165) is 24.2 Å². The van der Waals surface area contributed by atoms with Crippen LogP contribution >= 0.6 is 0 Å². The monoisotopic (exact) mass is 363 g/mol. The second-order valence-corrected chi connectivity index (χ2v) is 6.84. The molecule has 138 valence electrons. The van der Waals surface area contributed by atoms with Gasteiger partial charge in [0.05, 0.1) is 24.9 Å². The Labute approximate surface area is 156 Å². The summed E-state index contributed by atoms with van der Waals surface area (Å²) in [7, 11) is 1.64. The van der Waals surface area contributed by atoms with Gasteiger partial charge in [0.25, 0.3) is 0 Å². The first kappa shape index (κ1) is 17.3. The van der Waals surface area contributed by atoms with Crippen molar-refractivity contribution in [2.24, 2.45) is 5.92 Å². The number of hydrogen-bond acceptors (Lipinski definition) is 4. The molecule has 6 heteroatoms. The summed E-state index contributed by atoms with van der Waals surface area (Å²) in [6.45, 7) is 0.0696. The average molecular weight is 363 g/mol. The van der Waals surface area contributed by atoms with E-state index in [2.05, 4.69) is 10.4 Å². The lowest BCUT2D eigenvalue weighted by Gasteiger charge is -2.20. The van der Waals surface area contributed by atoms with E-state index in [1.54, 1.807) is 30.0 Å². The van der Waals surface area contributed by atoms with Gasteiger partial charge in [-0.2, -0.15) is 5.10 Å². The van der Waals surface area contributed by atoms with Crippen LogP contribution in [0.3, 0.4) is 0 Å². The molecule has 3 aromatic rings. The maximum absolute atomic E-state index is 12.7. The average Bonchev–Trinajstić information content (AvgIpc) is 3.54. The van der Waals surface area contributed by atoms with Crippen LogP contribution in [0.1, 0.15) is 24.4 Å². The van der Waals surface area contributed by atoms with Crippen LogP contribution in [-0.4, -0.2) is 22.8 Å². The van der Waals surface area contributed by atoms with Gasteiger partial charge in [-0.05, 0) is 48.6 Å². The van der Waals surface area contributed by atoms with Crippen LogP contribution in [0.5, 0.6) is 5.75 Å². The van der Waals surface area contributed by atoms with Gasteiger partial charge in [-0.15, -0.1) is 0 Å². The predicted molar refractivity (Wildman–Crippen MR) is 103 cm³/mol. The smallest absolute Gasteiger partial charge is 0.242 e. The lowest BCUT2D eigenvalue weighted by Crippen LogP contribution is -2.33. The van der Waals surface area contributed by atoms with Gasteiger partial charge < -0.3 is 10.1 Å². The third kappa shape index (κ3) is 3.69. The number of amides is 1. The number of rotatable bonds is 6. The molecule has 2 aromatic carbocycles. The molecule has 1 amide bonds. The molecule has 1 atom stereocenters. The third-order valence-corrected chi connectivity index (χ3v) is 4.94. The zero-order valence-electron chi connectivity index (χ0n) is 15.1. The molecule has 0 radical (unpaired) electrons. The van der Waals surface area contributed by atoms with E-state index in [1.165, 1.54) is 6.20 Å². The first-order chi connectivity index (χ1) is 13.2. The van der Waals surface area contributed by atoms with Crippen LogP contribution in [0, 0.1) is 5.92 Å². The number of carbonyl (C=O) groups excluding carboxylic acids is 1. The highest BCUT2D eigenvalue weighted by Crippen LogP contribution is 2.41. The van der Waals surface area contributed by atoms with Gasteiger partial charge in [0.15, 0.2) is 0 Å². The van der Waals surface area contributed by atoms with E-state index in [9.17, 15) is 9.59 Å². The summed E-state index contributed by atoms with van der Waals surface area (Å²) in [6, 6.07) is 15.0. The lowest BCUT2D eigenvalue weighted by molar-refractivity contribution is -0.122. The van der Waals surface area contributed by atoms with E-state index < -0.39 is 0 Å². The van der Waals surface area contributed by atoms with Crippen molar-refractivity contribution in [3.8, 4) is 5.75 Å². The maximum Gasteiger partial charge on any atom is 0.242 e. The van der Waals surface area contributed by atoms with Gasteiger partial charge in [-0.1, -0.05) is 24.3 Å². The highest BCUT2D eigenvalue weighted by atomic mass is 16.5. The van der Waals surface area contributed by atoms with Crippen LogP contribution in [0.4, 0.5) is 0 Å². The number of nitrogens with one attached hydrogen (secondary N) is 1. The number of aromatic nitrogens is 2. The van der Waals surface area contributed by atoms with Gasteiger partial charge in [-0.3, -0.25) is 14.3 Å². The third-order valence-electron chi connectivity index (χ3n) is 4.94. The molecule has 1 aromatic heterocycles. The second-order valence-electron chi connectivity index (χ2n) is 6.84. The molecule has 0 spiro atoms. The standard InChI is InChI=1S/C21H21N3O3/c1-27-16-10-8-15(9-11-16)21(14-6-7-14)23-20(26)13-24-18-5-3-2-4-17(18)19(25)12-22-24/h2-5,8-12,14,21H,6-7,13H2,1H3,(H,23,26). The van der Waals surface area contributed by atoms with Gasteiger partial charge in [-0.25, -0.2) is 0 Å². The minimum atomic E-state index is -0.142. The molecular weight excluding hydrogens is 342 g/mol. The lowest BCUT2D eigenvalue weighted by atomic mass is 10.0. The van der Waals surface area contributed by atoms with E-state index in [4.69, 9.17) is 4.74 Å². The quantitative estimate of drug-likeness (QED) is 0.731. The number of benzene rings is 2. The molecule has 0 bridgehead atoms. The zero-order chi connectivity index (χ0) is 18.8. The summed E-state index contributed by atoms with van der Waals surface area (Å²) in [5.41, 5.74) is 1.59. The summed E-state index contributed by atoms with van der Waals surface area (Å²) in [5, 5.41) is 7.84. The van der Waals surface area contributed by atoms with Crippen LogP contribution < -0.4 is 15.5 Å². The fourth-order valence-electron chi connectivity index (χ4n) is 3.36. The largest absolute Gasteiger partial charge is 0.497 e. The Morgan fingerprint density at radius 1 is 1.22 bits per heavy atom. The van der Waals surface area contributed by atoms with Crippen molar-refractivity contribution in [3.05, 3.63) is 70.5 Å². The molecule has 27 heavy (non-hydrogen) atoms. The molecule has 1 saturated carbocycles. The molecule has 1 N–H and O–H groups in total. The second kappa shape index (κ2) is 7.23. The van der Waals surface area contributed by atoms with Gasteiger partial charge in [0.2, 0.25) is 11.3 Å². The summed E-state index contributed by atoms with van der Waals surface area (Å²) in [5.74, 6) is 1.13. The molecule has 1 aliphatic carbocycles. The number of carbonyl (C=O) groups is 1. The number of fused-ring (bicyclic) bond motifs is 1. The highest BCUT2D eigenvalue weighted by molar-refractivity contribution is 5.81. The number of methoxy groups -OCH3 is 1. The van der Waals surface area contributed by atoms with Gasteiger partial charge >= 0.3 is 0 Å². The van der Waals surface area contributed by atoms with Gasteiger partial charge in [0.1, 0.15) is 12.3 Å². The predicted octanol–water partition coefficient (Wildman–Crippen LogP) is 2.67. The summed E-state index contributed by atoms with van der Waals surface area (Å²) in [4.78, 5) is 24.6. The van der Waals surface area contributed by atoms with Crippen molar-refractivity contribution >= 4 is 16.8 Å². The molecule has 6 nitrogen and oxygen atoms in total. The van der Waals surface area contributed by atoms with Crippen LogP contribution in [-0.2, 0) is 11.3 Å². The Morgan fingerprint density at radius 2 is 1.96 bits per heavy atom. The van der Waals surface area contributed by atoms with Crippen LogP contribution in [0.15, 0.2) is 59.5 Å². The first-order valence-corrected chi connectivity index (χ1v) is 9.04. The van der Waals surface area contributed by atoms with Crippen molar-refractivity contribution in [2.75, 3.05) is 7.11 Å². The molecule has 1 fully saturated rings. The maximum atomic E-state index is 12.7. The topological polar surface area (TPSA) is 73.2 Å². The molecular formula is C21H21N3O3. The van der Waals surface area contributed by atoms with Gasteiger partial charge in [0, 0.05) is 5.39 Å². The number of ether oxygens (including phenoxy) is 1. The molecule has 1 aliphatic rings. The molecule has 1 heterocycles. The van der Waals surface area contributed by atoms with Crippen molar-refractivity contribution in [1.82, 2.24) is 15.1 Å². The fraction of sp³-hybridized carbons (Fsp3) is 0.286. The molecule has 1 unspecified atom stereocenters. The Hall–Kier alpha value is -3.15. The normalized spacial score (nSPS) is 14.7. The summed E-state index contributed by atoms with van der Waals surface area (Å²) >= 11 is 0. The molecule has 0 saturated heterocycles. The zero-order valence-corrected chi connectivity index (χ0v) is 15.1. The SMILES string of the molecule is COc1ccc(C(NC(=O)Cn2ncc(=O)c3ccccc32)C2CC2)cc1. The summed E-state index contributed by atoms with van der Waals surface area (Å²) in [6.07, 6.45) is 3.48. The number of hydrogen-bond donors (Lipinski definition) is 1. The molecule has 4 rings (SSSR count). The number of nitrogens with zero attached hydrogens (tertiary/aromatic N) is 2. The first-order valence-electron chi connectivity index (χ1n) is 9.04. The fourth-order valence-corrected chi connectivity index (χ4v) is 3.36. The van der Waals surface area contributed by atoms with Crippen molar-refractivity contribution in [2.45, 2.75) is 25.4 Å². The number of para-hydroxylation sites is 1. The van der Waals surface area contributed by atoms with Crippen molar-refractivity contribution in [1.29, 1.82) is 0 Å². The van der Waals surface area contributed by atoms with Crippen molar-refractivity contribution < 1.29 is 9.53 Å². The van der Waals surface area contributed by atoms with Crippen LogP contribution in [0.2, 0.25) is 0 Å². The Balaban J connectivity index is 1.54. The van der Waals surface area contributed by atoms with E-state index in [1.807, 2.05) is 30.3 Å². The summed E-state index contributed by atoms with van der Waals surface area (Å²) < 4.78 is 6.78.